The zero-order chi connectivity index (χ0) is 24.6. The van der Waals surface area contributed by atoms with Gasteiger partial charge in [-0.2, -0.15) is 4.98 Å². The first-order valence-electron chi connectivity index (χ1n) is 11.3. The number of carbonyl (C=O) groups is 2. The number of likely N-dealkylation sites (N-methyl/N-ethyl adjacent to an activating group) is 1. The second kappa shape index (κ2) is 8.95. The van der Waals surface area contributed by atoms with Crippen LogP contribution in [0.1, 0.15) is 28.0 Å². The van der Waals surface area contributed by atoms with Crippen LogP contribution in [0.2, 0.25) is 0 Å². The largest absolute Gasteiger partial charge is 0.378 e. The molecule has 3 aromatic rings. The van der Waals surface area contributed by atoms with Crippen LogP contribution in [0.3, 0.4) is 0 Å². The summed E-state index contributed by atoms with van der Waals surface area (Å²) < 4.78 is 18.6. The summed E-state index contributed by atoms with van der Waals surface area (Å²) in [5, 5.41) is 9.00. The van der Waals surface area contributed by atoms with Gasteiger partial charge in [0, 0.05) is 37.9 Å². The first-order valence-corrected chi connectivity index (χ1v) is 11.3. The van der Waals surface area contributed by atoms with Gasteiger partial charge in [0.2, 0.25) is 5.95 Å². The number of benzene rings is 2. The van der Waals surface area contributed by atoms with Crippen LogP contribution in [-0.2, 0) is 16.1 Å². The minimum Gasteiger partial charge on any atom is -0.378 e. The summed E-state index contributed by atoms with van der Waals surface area (Å²) in [5.41, 5.74) is 2.51. The van der Waals surface area contributed by atoms with Gasteiger partial charge < -0.3 is 25.6 Å². The molecule has 0 radical (unpaired) electrons. The number of fused-ring (bicyclic) bond motifs is 1. The quantitative estimate of drug-likeness (QED) is 0.518. The first-order chi connectivity index (χ1) is 16.9. The maximum atomic E-state index is 13.1. The predicted molar refractivity (Wildman–Crippen MR) is 130 cm³/mol. The lowest BCUT2D eigenvalue weighted by Crippen LogP contribution is -2.59. The van der Waals surface area contributed by atoms with E-state index < -0.39 is 5.54 Å². The van der Waals surface area contributed by atoms with E-state index in [-0.39, 0.29) is 17.6 Å². The van der Waals surface area contributed by atoms with Crippen molar-refractivity contribution in [1.82, 2.24) is 9.97 Å². The molecule has 2 amide bonds. The van der Waals surface area contributed by atoms with E-state index in [1.807, 2.05) is 31.0 Å². The van der Waals surface area contributed by atoms with Gasteiger partial charge >= 0.3 is 0 Å². The third-order valence-electron chi connectivity index (χ3n) is 6.46. The van der Waals surface area contributed by atoms with Gasteiger partial charge in [0.15, 0.2) is 5.82 Å². The van der Waals surface area contributed by atoms with Crippen LogP contribution in [-0.4, -0.2) is 47.6 Å². The number of nitrogens with one attached hydrogen (secondary N) is 3. The minimum atomic E-state index is -0.751. The fourth-order valence-corrected chi connectivity index (χ4v) is 4.30. The van der Waals surface area contributed by atoms with Gasteiger partial charge in [0.05, 0.1) is 12.3 Å². The Kier molecular flexibility index (Phi) is 5.81. The van der Waals surface area contributed by atoms with Gasteiger partial charge in [0.1, 0.15) is 17.0 Å². The summed E-state index contributed by atoms with van der Waals surface area (Å²) in [7, 11) is 1.86. The lowest BCUT2D eigenvalue weighted by molar-refractivity contribution is -0.121. The molecular weight excluding hydrogens is 451 g/mol. The number of nitrogens with zero attached hydrogens (tertiary/aromatic N) is 3. The van der Waals surface area contributed by atoms with Gasteiger partial charge in [-0.1, -0.05) is 12.1 Å². The highest BCUT2D eigenvalue weighted by molar-refractivity contribution is 6.07. The monoisotopic (exact) mass is 476 g/mol. The van der Waals surface area contributed by atoms with Crippen LogP contribution in [0.4, 0.5) is 27.5 Å². The van der Waals surface area contributed by atoms with E-state index in [1.165, 1.54) is 24.3 Å². The Morgan fingerprint density at radius 3 is 2.60 bits per heavy atom. The molecule has 1 aromatic heterocycles. The zero-order valence-electron chi connectivity index (χ0n) is 19.4. The van der Waals surface area contributed by atoms with Crippen LogP contribution in [0.25, 0.3) is 0 Å². The average molecular weight is 477 g/mol. The fourth-order valence-electron chi connectivity index (χ4n) is 4.30. The van der Waals surface area contributed by atoms with E-state index in [0.717, 1.165) is 5.56 Å². The van der Waals surface area contributed by atoms with E-state index in [2.05, 4.69) is 25.9 Å². The van der Waals surface area contributed by atoms with Crippen molar-refractivity contribution >= 4 is 35.0 Å². The second-order valence-corrected chi connectivity index (χ2v) is 8.69. The molecule has 10 heteroatoms. The van der Waals surface area contributed by atoms with Gasteiger partial charge in [-0.15, -0.1) is 0 Å². The van der Waals surface area contributed by atoms with E-state index in [4.69, 9.17) is 4.74 Å². The molecule has 9 nitrogen and oxygen atoms in total. The molecule has 2 aliphatic heterocycles. The number of rotatable bonds is 5. The van der Waals surface area contributed by atoms with Crippen molar-refractivity contribution in [3.63, 3.8) is 0 Å². The number of hydrogen-bond acceptors (Lipinski definition) is 7. The normalized spacial score (nSPS) is 18.8. The Bertz CT molecular complexity index is 1270. The van der Waals surface area contributed by atoms with Gasteiger partial charge in [-0.05, 0) is 48.9 Å². The highest BCUT2D eigenvalue weighted by atomic mass is 19.1. The van der Waals surface area contributed by atoms with Crippen molar-refractivity contribution in [3.05, 3.63) is 71.2 Å². The van der Waals surface area contributed by atoms with Gasteiger partial charge in [-0.3, -0.25) is 9.59 Å². The van der Waals surface area contributed by atoms with Crippen LogP contribution >= 0.6 is 0 Å². The minimum absolute atomic E-state index is 0.0935. The van der Waals surface area contributed by atoms with Crippen molar-refractivity contribution in [2.24, 2.45) is 0 Å². The fraction of sp³-hybridized carbons (Fsp3) is 0.280. The Morgan fingerprint density at radius 2 is 1.91 bits per heavy atom. The molecule has 1 spiro atoms. The van der Waals surface area contributed by atoms with Crippen LogP contribution in [0.5, 0.6) is 0 Å². The predicted octanol–water partition coefficient (Wildman–Crippen LogP) is 3.34. The third kappa shape index (κ3) is 4.28. The number of carbonyl (C=O) groups excluding carboxylic acids is 2. The molecule has 2 aliphatic rings. The maximum Gasteiger partial charge on any atom is 0.255 e. The molecule has 1 saturated heterocycles. The van der Waals surface area contributed by atoms with Crippen molar-refractivity contribution in [2.45, 2.75) is 25.4 Å². The van der Waals surface area contributed by atoms with E-state index >= 15 is 0 Å². The Labute approximate surface area is 201 Å². The number of hydrogen-bond donors (Lipinski definition) is 3. The van der Waals surface area contributed by atoms with Crippen LogP contribution in [0, 0.1) is 12.7 Å². The molecule has 5 rings (SSSR count). The van der Waals surface area contributed by atoms with E-state index in [9.17, 15) is 14.0 Å². The lowest BCUT2D eigenvalue weighted by Gasteiger charge is -2.41. The molecule has 180 valence electrons. The molecule has 3 heterocycles. The van der Waals surface area contributed by atoms with Crippen LogP contribution in [0.15, 0.2) is 48.5 Å². The molecule has 0 aliphatic carbocycles. The summed E-state index contributed by atoms with van der Waals surface area (Å²) in [6, 6.07) is 12.7. The van der Waals surface area contributed by atoms with E-state index in [0.29, 0.717) is 60.6 Å². The van der Waals surface area contributed by atoms with Crippen LogP contribution < -0.4 is 20.9 Å². The molecule has 0 saturated carbocycles. The Balaban J connectivity index is 1.26. The summed E-state index contributed by atoms with van der Waals surface area (Å²) in [6.07, 6.45) is 0.602. The van der Waals surface area contributed by atoms with Crippen molar-refractivity contribution in [1.29, 1.82) is 0 Å². The number of amides is 2. The summed E-state index contributed by atoms with van der Waals surface area (Å²) >= 11 is 0. The third-order valence-corrected chi connectivity index (χ3v) is 6.46. The van der Waals surface area contributed by atoms with Crippen molar-refractivity contribution in [3.8, 4) is 0 Å². The SMILES string of the molecule is Cc1nc(NCc2ccc(NC(=O)c3ccc(F)cc3)cc2)nc2c1NC(=O)[C@@]1(CCOC1)N2C. The molecule has 2 aromatic carbocycles. The molecule has 3 N–H and O–H groups in total. The Hall–Kier alpha value is -4.05. The Morgan fingerprint density at radius 1 is 1.17 bits per heavy atom. The number of anilines is 4. The molecule has 1 fully saturated rings. The lowest BCUT2D eigenvalue weighted by atomic mass is 9.93. The second-order valence-electron chi connectivity index (χ2n) is 8.69. The highest BCUT2D eigenvalue weighted by Gasteiger charge is 2.50. The summed E-state index contributed by atoms with van der Waals surface area (Å²) in [4.78, 5) is 36.2. The number of aryl methyl sites for hydroxylation is 1. The van der Waals surface area contributed by atoms with E-state index in [1.54, 1.807) is 12.1 Å². The highest BCUT2D eigenvalue weighted by Crippen LogP contribution is 2.40. The number of aromatic nitrogens is 2. The smallest absolute Gasteiger partial charge is 0.255 e. The summed E-state index contributed by atoms with van der Waals surface area (Å²) in [5.74, 6) is 0.315. The van der Waals surface area contributed by atoms with Crippen molar-refractivity contribution in [2.75, 3.05) is 41.1 Å². The standard InChI is InChI=1S/C25H25FN6O3/c1-15-20-21(32(2)25(23(34)30-20)11-12-35-14-25)31-24(28-15)27-13-16-3-9-19(10-4-16)29-22(33)17-5-7-18(26)8-6-17/h3-10H,11-14H2,1-2H3,(H,29,33)(H,30,34)(H,27,28,31)/t25-/m0/s1. The molecule has 0 bridgehead atoms. The maximum absolute atomic E-state index is 13.1. The number of ether oxygens (including phenoxy) is 1. The van der Waals surface area contributed by atoms with Crippen molar-refractivity contribution < 1.29 is 18.7 Å². The molecule has 0 unspecified atom stereocenters. The average Bonchev–Trinajstić information content (AvgIpc) is 3.35. The summed E-state index contributed by atoms with van der Waals surface area (Å²) in [6.45, 7) is 3.16. The molecular formula is C25H25FN6O3. The van der Waals surface area contributed by atoms with Gasteiger partial charge in [0.25, 0.3) is 11.8 Å². The zero-order valence-corrected chi connectivity index (χ0v) is 19.4. The molecule has 1 atom stereocenters. The first kappa shape index (κ1) is 22.7. The topological polar surface area (TPSA) is 108 Å². The number of halogens is 1. The molecule has 35 heavy (non-hydrogen) atoms. The van der Waals surface area contributed by atoms with Gasteiger partial charge in [-0.25, -0.2) is 9.37 Å².